The van der Waals surface area contributed by atoms with Crippen molar-refractivity contribution >= 4 is 0 Å². The molecule has 2 fully saturated rings. The first-order valence-corrected chi connectivity index (χ1v) is 6.76. The van der Waals surface area contributed by atoms with E-state index in [4.69, 9.17) is 9.47 Å². The molecule has 0 saturated heterocycles. The third-order valence-corrected chi connectivity index (χ3v) is 4.09. The molecule has 2 aliphatic carbocycles. The van der Waals surface area contributed by atoms with Crippen molar-refractivity contribution in [3.63, 3.8) is 0 Å². The average molecular weight is 248 g/mol. The fourth-order valence-electron chi connectivity index (χ4n) is 2.94. The van der Waals surface area contributed by atoms with Crippen LogP contribution >= 0.6 is 0 Å². The SMILES string of the molecule is O[C@H]1CC[C@H](OCOCc2ccccc2)[C@@H]2C[C@@H]21. The molecule has 1 N–H and O–H groups in total. The Morgan fingerprint density at radius 3 is 2.78 bits per heavy atom. The van der Waals surface area contributed by atoms with Gasteiger partial charge in [0.25, 0.3) is 0 Å². The van der Waals surface area contributed by atoms with Gasteiger partial charge in [-0.1, -0.05) is 30.3 Å². The standard InChI is InChI=1S/C15H20O3/c16-14-6-7-15(13-8-12(13)14)18-10-17-9-11-4-2-1-3-5-11/h1-5,12-16H,6-10H2/t12-,13+,14-,15-/m0/s1. The zero-order valence-electron chi connectivity index (χ0n) is 10.5. The van der Waals surface area contributed by atoms with E-state index in [9.17, 15) is 5.11 Å². The Bertz CT molecular complexity index is 379. The molecule has 2 saturated carbocycles. The highest BCUT2D eigenvalue weighted by atomic mass is 16.7. The number of fused-ring (bicyclic) bond motifs is 1. The fraction of sp³-hybridized carbons (Fsp3) is 0.600. The van der Waals surface area contributed by atoms with Crippen molar-refractivity contribution in [2.45, 2.75) is 38.1 Å². The number of hydrogen-bond donors (Lipinski definition) is 1. The summed E-state index contributed by atoms with van der Waals surface area (Å²) in [6.07, 6.45) is 3.20. The average Bonchev–Trinajstić information content (AvgIpc) is 3.19. The molecule has 3 nitrogen and oxygen atoms in total. The van der Waals surface area contributed by atoms with Gasteiger partial charge in [-0.15, -0.1) is 0 Å². The summed E-state index contributed by atoms with van der Waals surface area (Å²) in [6.45, 7) is 0.961. The number of aliphatic hydroxyl groups is 1. The molecule has 3 heteroatoms. The second-order valence-corrected chi connectivity index (χ2v) is 5.37. The largest absolute Gasteiger partial charge is 0.393 e. The van der Waals surface area contributed by atoms with E-state index in [0.29, 0.717) is 31.3 Å². The van der Waals surface area contributed by atoms with Crippen molar-refractivity contribution in [2.75, 3.05) is 6.79 Å². The van der Waals surface area contributed by atoms with Crippen LogP contribution in [0.25, 0.3) is 0 Å². The maximum atomic E-state index is 9.67. The third-order valence-electron chi connectivity index (χ3n) is 4.09. The second-order valence-electron chi connectivity index (χ2n) is 5.37. The van der Waals surface area contributed by atoms with Crippen LogP contribution < -0.4 is 0 Å². The van der Waals surface area contributed by atoms with Crippen LogP contribution in [-0.4, -0.2) is 24.1 Å². The van der Waals surface area contributed by atoms with Crippen LogP contribution in [0.5, 0.6) is 0 Å². The van der Waals surface area contributed by atoms with Crippen molar-refractivity contribution < 1.29 is 14.6 Å². The quantitative estimate of drug-likeness (QED) is 0.642. The first-order valence-electron chi connectivity index (χ1n) is 6.76. The highest BCUT2D eigenvalue weighted by Crippen LogP contribution is 2.50. The van der Waals surface area contributed by atoms with E-state index in [1.165, 1.54) is 5.56 Å². The zero-order chi connectivity index (χ0) is 12.4. The van der Waals surface area contributed by atoms with Gasteiger partial charge in [0.15, 0.2) is 0 Å². The number of aliphatic hydroxyl groups excluding tert-OH is 1. The van der Waals surface area contributed by atoms with Gasteiger partial charge in [0.1, 0.15) is 6.79 Å². The van der Waals surface area contributed by atoms with Crippen molar-refractivity contribution in [3.8, 4) is 0 Å². The molecule has 0 aromatic heterocycles. The Labute approximate surface area is 108 Å². The normalized spacial score (nSPS) is 34.1. The summed E-state index contributed by atoms with van der Waals surface area (Å²) in [5.41, 5.74) is 1.17. The molecule has 98 valence electrons. The van der Waals surface area contributed by atoms with E-state index in [-0.39, 0.29) is 6.10 Å². The number of ether oxygens (including phenoxy) is 2. The fourth-order valence-corrected chi connectivity index (χ4v) is 2.94. The van der Waals surface area contributed by atoms with Crippen LogP contribution in [0.3, 0.4) is 0 Å². The molecule has 0 unspecified atom stereocenters. The van der Waals surface area contributed by atoms with Gasteiger partial charge in [0.2, 0.25) is 0 Å². The molecule has 0 spiro atoms. The summed E-state index contributed by atoms with van der Waals surface area (Å²) < 4.78 is 11.3. The molecule has 4 atom stereocenters. The minimum absolute atomic E-state index is 0.0833. The molecule has 18 heavy (non-hydrogen) atoms. The van der Waals surface area contributed by atoms with E-state index in [1.54, 1.807) is 0 Å². The molecule has 1 aromatic carbocycles. The summed E-state index contributed by atoms with van der Waals surface area (Å²) in [4.78, 5) is 0. The molecule has 0 radical (unpaired) electrons. The van der Waals surface area contributed by atoms with E-state index in [0.717, 1.165) is 19.3 Å². The van der Waals surface area contributed by atoms with Crippen molar-refractivity contribution in [3.05, 3.63) is 35.9 Å². The topological polar surface area (TPSA) is 38.7 Å². The molecule has 1 aromatic rings. The Morgan fingerprint density at radius 1 is 1.11 bits per heavy atom. The van der Waals surface area contributed by atoms with Crippen LogP contribution in [0.4, 0.5) is 0 Å². The second kappa shape index (κ2) is 5.39. The molecule has 0 heterocycles. The van der Waals surface area contributed by atoms with E-state index in [1.807, 2.05) is 30.3 Å². The smallest absolute Gasteiger partial charge is 0.147 e. The highest BCUT2D eigenvalue weighted by Gasteiger charge is 2.50. The predicted octanol–water partition coefficient (Wildman–Crippen LogP) is 2.34. The molecule has 0 aliphatic heterocycles. The van der Waals surface area contributed by atoms with Gasteiger partial charge >= 0.3 is 0 Å². The first-order chi connectivity index (χ1) is 8.84. The van der Waals surface area contributed by atoms with Crippen LogP contribution in [-0.2, 0) is 16.1 Å². The van der Waals surface area contributed by atoms with Crippen molar-refractivity contribution in [1.82, 2.24) is 0 Å². The Kier molecular flexibility index (Phi) is 3.64. The van der Waals surface area contributed by atoms with Gasteiger partial charge in [-0.2, -0.15) is 0 Å². The summed E-state index contributed by atoms with van der Waals surface area (Å²) in [5.74, 6) is 1.08. The lowest BCUT2D eigenvalue weighted by atomic mass is 9.95. The third kappa shape index (κ3) is 2.74. The van der Waals surface area contributed by atoms with Crippen LogP contribution in [0.1, 0.15) is 24.8 Å². The number of rotatable bonds is 5. The first kappa shape index (κ1) is 12.2. The van der Waals surface area contributed by atoms with Crippen LogP contribution in [0.2, 0.25) is 0 Å². The maximum Gasteiger partial charge on any atom is 0.147 e. The monoisotopic (exact) mass is 248 g/mol. The van der Waals surface area contributed by atoms with Crippen molar-refractivity contribution in [2.24, 2.45) is 11.8 Å². The maximum absolute atomic E-state index is 9.67. The van der Waals surface area contributed by atoms with Crippen LogP contribution in [0, 0.1) is 11.8 Å². The Morgan fingerprint density at radius 2 is 1.94 bits per heavy atom. The molecular weight excluding hydrogens is 228 g/mol. The summed E-state index contributed by atoms with van der Waals surface area (Å²) in [5, 5.41) is 9.67. The molecule has 2 aliphatic rings. The highest BCUT2D eigenvalue weighted by molar-refractivity contribution is 5.13. The summed E-state index contributed by atoms with van der Waals surface area (Å²) in [6, 6.07) is 10.1. The lowest BCUT2D eigenvalue weighted by molar-refractivity contribution is -0.116. The van der Waals surface area contributed by atoms with Gasteiger partial charge in [-0.3, -0.25) is 0 Å². The van der Waals surface area contributed by atoms with Crippen molar-refractivity contribution in [1.29, 1.82) is 0 Å². The Balaban J connectivity index is 1.36. The van der Waals surface area contributed by atoms with Gasteiger partial charge in [-0.05, 0) is 36.7 Å². The molecular formula is C15H20O3. The van der Waals surface area contributed by atoms with E-state index < -0.39 is 0 Å². The number of hydrogen-bond acceptors (Lipinski definition) is 3. The lowest BCUT2D eigenvalue weighted by Gasteiger charge is -2.24. The van der Waals surface area contributed by atoms with Gasteiger partial charge < -0.3 is 14.6 Å². The minimum atomic E-state index is -0.0833. The molecule has 0 bridgehead atoms. The van der Waals surface area contributed by atoms with Gasteiger partial charge in [0.05, 0.1) is 18.8 Å². The van der Waals surface area contributed by atoms with Gasteiger partial charge in [-0.25, -0.2) is 0 Å². The molecule has 3 rings (SSSR count). The zero-order valence-corrected chi connectivity index (χ0v) is 10.5. The predicted molar refractivity (Wildman–Crippen MR) is 67.8 cm³/mol. The number of benzene rings is 1. The van der Waals surface area contributed by atoms with E-state index in [2.05, 4.69) is 0 Å². The van der Waals surface area contributed by atoms with E-state index >= 15 is 0 Å². The summed E-state index contributed by atoms with van der Waals surface area (Å²) >= 11 is 0. The Hall–Kier alpha value is -0.900. The van der Waals surface area contributed by atoms with Crippen LogP contribution in [0.15, 0.2) is 30.3 Å². The minimum Gasteiger partial charge on any atom is -0.393 e. The summed E-state index contributed by atoms with van der Waals surface area (Å²) in [7, 11) is 0. The molecule has 0 amide bonds. The van der Waals surface area contributed by atoms with Gasteiger partial charge in [0, 0.05) is 0 Å². The lowest BCUT2D eigenvalue weighted by Crippen LogP contribution is -2.28.